The quantitative estimate of drug-likeness (QED) is 0.285. The summed E-state index contributed by atoms with van der Waals surface area (Å²) in [6.45, 7) is 5.10. The summed E-state index contributed by atoms with van der Waals surface area (Å²) in [6.07, 6.45) is 2.63. The maximum absolute atomic E-state index is 12.6. The fourth-order valence-electron chi connectivity index (χ4n) is 3.95. The summed E-state index contributed by atoms with van der Waals surface area (Å²) in [5, 5.41) is 5.93. The molecular formula is C26H25N3O4S2. The molecule has 0 radical (unpaired) electrons. The zero-order chi connectivity index (χ0) is 24.4. The minimum Gasteiger partial charge on any atom is -0.467 e. The number of carbonyl (C=O) groups is 1. The van der Waals surface area contributed by atoms with E-state index in [1.165, 1.54) is 7.11 Å². The first kappa shape index (κ1) is 23.5. The Morgan fingerprint density at radius 3 is 2.91 bits per heavy atom. The Labute approximate surface area is 211 Å². The van der Waals surface area contributed by atoms with Gasteiger partial charge in [0.05, 0.1) is 19.4 Å². The number of thiophene rings is 1. The fraction of sp³-hybridized carbons (Fsp3) is 0.269. The number of aromatic nitrogens is 2. The van der Waals surface area contributed by atoms with Gasteiger partial charge in [-0.1, -0.05) is 32.0 Å². The SMILES string of the molecule is COC(=O)c1cc(-c2cccs2)cnc1Nc1nc(-c2cccc3c2COCO3)c(CC(C)C)s1. The number of rotatable bonds is 7. The molecule has 1 aliphatic rings. The highest BCUT2D eigenvalue weighted by molar-refractivity contribution is 7.16. The van der Waals surface area contributed by atoms with Gasteiger partial charge < -0.3 is 19.5 Å². The molecular weight excluding hydrogens is 482 g/mol. The molecule has 0 fully saturated rings. The molecule has 0 spiro atoms. The van der Waals surface area contributed by atoms with Crippen LogP contribution in [0.3, 0.4) is 0 Å². The van der Waals surface area contributed by atoms with Gasteiger partial charge >= 0.3 is 5.97 Å². The standard InChI is InChI=1S/C26H25N3O4S2/c1-15(2)10-22-23(17-6-4-7-20-19(17)13-32-14-33-20)28-26(35-22)29-24-18(25(30)31-3)11-16(12-27-24)21-8-5-9-34-21/h4-9,11-12,15H,10,13-14H2,1-3H3,(H,27,28,29). The van der Waals surface area contributed by atoms with Crippen molar-refractivity contribution in [3.8, 4) is 27.4 Å². The third-order valence-electron chi connectivity index (χ3n) is 5.55. The lowest BCUT2D eigenvalue weighted by Gasteiger charge is -2.20. The number of nitrogens with one attached hydrogen (secondary N) is 1. The molecule has 1 N–H and O–H groups in total. The van der Waals surface area contributed by atoms with E-state index in [0.717, 1.165) is 44.3 Å². The number of fused-ring (bicyclic) bond motifs is 1. The van der Waals surface area contributed by atoms with E-state index < -0.39 is 5.97 Å². The largest absolute Gasteiger partial charge is 0.467 e. The van der Waals surface area contributed by atoms with Gasteiger partial charge in [0.15, 0.2) is 11.9 Å². The summed E-state index contributed by atoms with van der Waals surface area (Å²) < 4.78 is 16.3. The van der Waals surface area contributed by atoms with Gasteiger partial charge in [0.1, 0.15) is 17.1 Å². The molecule has 0 aliphatic carbocycles. The number of hydrogen-bond donors (Lipinski definition) is 1. The molecule has 35 heavy (non-hydrogen) atoms. The van der Waals surface area contributed by atoms with Gasteiger partial charge in [-0.15, -0.1) is 22.7 Å². The lowest BCUT2D eigenvalue weighted by atomic mass is 10.00. The number of methoxy groups -OCH3 is 1. The highest BCUT2D eigenvalue weighted by Crippen LogP contribution is 2.40. The number of carbonyl (C=O) groups excluding carboxylic acids is 1. The maximum atomic E-state index is 12.6. The van der Waals surface area contributed by atoms with E-state index in [4.69, 9.17) is 19.2 Å². The van der Waals surface area contributed by atoms with Crippen LogP contribution in [0.15, 0.2) is 48.0 Å². The first-order valence-electron chi connectivity index (χ1n) is 11.2. The highest BCUT2D eigenvalue weighted by Gasteiger charge is 2.23. The summed E-state index contributed by atoms with van der Waals surface area (Å²) in [5.74, 6) is 1.23. The van der Waals surface area contributed by atoms with Gasteiger partial charge in [-0.05, 0) is 35.9 Å². The van der Waals surface area contributed by atoms with Crippen molar-refractivity contribution in [3.63, 3.8) is 0 Å². The van der Waals surface area contributed by atoms with Gasteiger partial charge in [-0.3, -0.25) is 0 Å². The Morgan fingerprint density at radius 1 is 1.26 bits per heavy atom. The van der Waals surface area contributed by atoms with Crippen LogP contribution in [0.25, 0.3) is 21.7 Å². The van der Waals surface area contributed by atoms with Crippen LogP contribution in [-0.2, 0) is 22.5 Å². The summed E-state index contributed by atoms with van der Waals surface area (Å²) in [4.78, 5) is 24.3. The number of benzene rings is 1. The molecule has 5 rings (SSSR count). The second-order valence-corrected chi connectivity index (χ2v) is 10.5. The fourth-order valence-corrected chi connectivity index (χ4v) is 5.85. The number of hydrogen-bond acceptors (Lipinski definition) is 9. The van der Waals surface area contributed by atoms with E-state index in [1.807, 2.05) is 35.7 Å². The van der Waals surface area contributed by atoms with Crippen molar-refractivity contribution in [2.24, 2.45) is 5.92 Å². The zero-order valence-electron chi connectivity index (χ0n) is 19.7. The molecule has 7 nitrogen and oxygen atoms in total. The number of pyridine rings is 1. The van der Waals surface area contributed by atoms with E-state index in [-0.39, 0.29) is 6.79 Å². The predicted octanol–water partition coefficient (Wildman–Crippen LogP) is 6.53. The molecule has 0 bridgehead atoms. The Bertz CT molecular complexity index is 1350. The molecule has 4 heterocycles. The molecule has 1 aliphatic heterocycles. The molecule has 3 aromatic heterocycles. The third kappa shape index (κ3) is 4.93. The molecule has 0 saturated carbocycles. The number of anilines is 2. The second-order valence-electron chi connectivity index (χ2n) is 8.50. The molecule has 0 atom stereocenters. The number of nitrogens with zero attached hydrogens (tertiary/aromatic N) is 2. The highest BCUT2D eigenvalue weighted by atomic mass is 32.1. The van der Waals surface area contributed by atoms with Crippen molar-refractivity contribution >= 4 is 39.6 Å². The van der Waals surface area contributed by atoms with Crippen LogP contribution in [0.5, 0.6) is 5.75 Å². The van der Waals surface area contributed by atoms with Crippen LogP contribution in [0.4, 0.5) is 10.9 Å². The maximum Gasteiger partial charge on any atom is 0.341 e. The van der Waals surface area contributed by atoms with E-state index in [1.54, 1.807) is 34.9 Å². The zero-order valence-corrected chi connectivity index (χ0v) is 21.3. The van der Waals surface area contributed by atoms with E-state index >= 15 is 0 Å². The van der Waals surface area contributed by atoms with Gasteiger partial charge in [0, 0.05) is 32.6 Å². The number of thiazole rings is 1. The van der Waals surface area contributed by atoms with Crippen molar-refractivity contribution < 1.29 is 19.0 Å². The lowest BCUT2D eigenvalue weighted by Crippen LogP contribution is -2.12. The Hall–Kier alpha value is -3.27. The van der Waals surface area contributed by atoms with Crippen molar-refractivity contribution in [1.82, 2.24) is 9.97 Å². The van der Waals surface area contributed by atoms with Gasteiger partial charge in [-0.2, -0.15) is 0 Å². The monoisotopic (exact) mass is 507 g/mol. The van der Waals surface area contributed by atoms with E-state index in [0.29, 0.717) is 29.0 Å². The van der Waals surface area contributed by atoms with Crippen LogP contribution < -0.4 is 10.1 Å². The van der Waals surface area contributed by atoms with E-state index in [9.17, 15) is 4.79 Å². The van der Waals surface area contributed by atoms with Crippen LogP contribution in [-0.4, -0.2) is 29.8 Å². The molecule has 0 saturated heterocycles. The minimum absolute atomic E-state index is 0.253. The van der Waals surface area contributed by atoms with Gasteiger partial charge in [0.25, 0.3) is 0 Å². The summed E-state index contributed by atoms with van der Waals surface area (Å²) in [7, 11) is 1.37. The molecule has 4 aromatic rings. The van der Waals surface area contributed by atoms with Crippen molar-refractivity contribution in [2.45, 2.75) is 26.9 Å². The van der Waals surface area contributed by atoms with Crippen molar-refractivity contribution in [2.75, 3.05) is 19.2 Å². The lowest BCUT2D eigenvalue weighted by molar-refractivity contribution is -0.0160. The summed E-state index contributed by atoms with van der Waals surface area (Å²) in [6, 6.07) is 11.7. The number of esters is 1. The first-order chi connectivity index (χ1) is 17.0. The summed E-state index contributed by atoms with van der Waals surface area (Å²) in [5.41, 5.74) is 4.11. The Morgan fingerprint density at radius 2 is 2.14 bits per heavy atom. The second kappa shape index (κ2) is 10.2. The van der Waals surface area contributed by atoms with Gasteiger partial charge in [-0.25, -0.2) is 14.8 Å². The third-order valence-corrected chi connectivity index (χ3v) is 7.46. The van der Waals surface area contributed by atoms with Crippen molar-refractivity contribution in [1.29, 1.82) is 0 Å². The first-order valence-corrected chi connectivity index (χ1v) is 12.9. The van der Waals surface area contributed by atoms with Crippen LogP contribution >= 0.6 is 22.7 Å². The summed E-state index contributed by atoms with van der Waals surface area (Å²) >= 11 is 3.15. The molecule has 1 aromatic carbocycles. The minimum atomic E-state index is -0.455. The predicted molar refractivity (Wildman–Crippen MR) is 139 cm³/mol. The molecule has 180 valence electrons. The average Bonchev–Trinajstić information content (AvgIpc) is 3.54. The Kier molecular flexibility index (Phi) is 6.81. The Balaban J connectivity index is 1.54. The molecule has 0 unspecified atom stereocenters. The normalized spacial score (nSPS) is 12.8. The van der Waals surface area contributed by atoms with Gasteiger partial charge in [0.2, 0.25) is 0 Å². The smallest absolute Gasteiger partial charge is 0.341 e. The van der Waals surface area contributed by atoms with Crippen LogP contribution in [0, 0.1) is 5.92 Å². The average molecular weight is 508 g/mol. The topological polar surface area (TPSA) is 82.6 Å². The molecule has 9 heteroatoms. The molecule has 0 amide bonds. The van der Waals surface area contributed by atoms with Crippen LogP contribution in [0.1, 0.15) is 34.6 Å². The van der Waals surface area contributed by atoms with Crippen molar-refractivity contribution in [3.05, 3.63) is 64.0 Å². The van der Waals surface area contributed by atoms with E-state index in [2.05, 4.69) is 24.1 Å². The number of ether oxygens (including phenoxy) is 3. The van der Waals surface area contributed by atoms with Crippen LogP contribution in [0.2, 0.25) is 0 Å².